The van der Waals surface area contributed by atoms with Crippen molar-refractivity contribution in [3.63, 3.8) is 0 Å². The molecule has 5 nitrogen and oxygen atoms in total. The van der Waals surface area contributed by atoms with Crippen LogP contribution in [0.2, 0.25) is 0 Å². The maximum Gasteiger partial charge on any atom is 0.223 e. The Hall–Kier alpha value is -0.980. The molecule has 6 heteroatoms. The van der Waals surface area contributed by atoms with Gasteiger partial charge in [-0.05, 0) is 25.8 Å². The zero-order valence-electron chi connectivity index (χ0n) is 10.8. The highest BCUT2D eigenvalue weighted by molar-refractivity contribution is 7.13. The van der Waals surface area contributed by atoms with Gasteiger partial charge in [-0.1, -0.05) is 0 Å². The minimum absolute atomic E-state index is 0.0814. The van der Waals surface area contributed by atoms with E-state index in [1.54, 1.807) is 0 Å². The van der Waals surface area contributed by atoms with Gasteiger partial charge < -0.3 is 11.1 Å². The third-order valence-corrected chi connectivity index (χ3v) is 4.03. The second-order valence-corrected chi connectivity index (χ2v) is 5.74. The maximum atomic E-state index is 10.9. The lowest BCUT2D eigenvalue weighted by Gasteiger charge is -2.26. The van der Waals surface area contributed by atoms with Crippen LogP contribution in [0.15, 0.2) is 5.38 Å². The fraction of sp³-hybridized carbons (Fsp3) is 0.667. The Morgan fingerprint density at radius 2 is 2.44 bits per heavy atom. The summed E-state index contributed by atoms with van der Waals surface area (Å²) in [7, 11) is 2.09. The molecule has 1 unspecified atom stereocenters. The number of nitrogens with zero attached hydrogens (tertiary/aromatic N) is 2. The van der Waals surface area contributed by atoms with Crippen LogP contribution in [-0.4, -0.2) is 35.4 Å². The van der Waals surface area contributed by atoms with Crippen LogP contribution < -0.4 is 11.1 Å². The van der Waals surface area contributed by atoms with E-state index in [1.165, 1.54) is 31.1 Å². The molecule has 0 saturated heterocycles. The summed E-state index contributed by atoms with van der Waals surface area (Å²) >= 11 is 1.46. The van der Waals surface area contributed by atoms with E-state index in [-0.39, 0.29) is 5.91 Å². The van der Waals surface area contributed by atoms with Crippen molar-refractivity contribution in [2.45, 2.75) is 32.4 Å². The smallest absolute Gasteiger partial charge is 0.223 e. The molecule has 0 spiro atoms. The Labute approximate surface area is 111 Å². The molecule has 1 heterocycles. The summed E-state index contributed by atoms with van der Waals surface area (Å²) < 4.78 is 0. The first-order valence-electron chi connectivity index (χ1n) is 6.22. The van der Waals surface area contributed by atoms with Crippen molar-refractivity contribution in [1.82, 2.24) is 9.88 Å². The van der Waals surface area contributed by atoms with Crippen LogP contribution in [0.4, 0.5) is 5.13 Å². The summed E-state index contributed by atoms with van der Waals surface area (Å²) in [6, 6.07) is 0.455. The highest BCUT2D eigenvalue weighted by Gasteiger charge is 2.32. The summed E-state index contributed by atoms with van der Waals surface area (Å²) in [6.07, 6.45) is 2.58. The molecular weight excluding hydrogens is 248 g/mol. The molecule has 1 aromatic heterocycles. The maximum absolute atomic E-state index is 10.9. The van der Waals surface area contributed by atoms with E-state index < -0.39 is 0 Å². The van der Waals surface area contributed by atoms with Gasteiger partial charge in [-0.2, -0.15) is 0 Å². The van der Waals surface area contributed by atoms with Gasteiger partial charge in [0.05, 0.1) is 5.69 Å². The number of anilines is 1. The van der Waals surface area contributed by atoms with Crippen molar-refractivity contribution in [3.05, 3.63) is 11.1 Å². The molecule has 1 fully saturated rings. The second-order valence-electron chi connectivity index (χ2n) is 4.88. The number of likely N-dealkylation sites (N-methyl/N-ethyl adjacent to an activating group) is 1. The Balaban J connectivity index is 1.91. The van der Waals surface area contributed by atoms with E-state index in [0.717, 1.165) is 18.2 Å². The van der Waals surface area contributed by atoms with E-state index >= 15 is 0 Å². The number of carbonyl (C=O) groups excluding carboxylic acids is 1. The Morgan fingerprint density at radius 3 is 3.00 bits per heavy atom. The number of thiazole rings is 1. The standard InChI is InChI=1S/C12H20N4OS/c1-8(17)14-12-15-10(7-18-12)6-16(2)11(5-13)9-3-4-9/h7,9,11H,3-6,13H2,1-2H3,(H,14,15,17). The molecule has 18 heavy (non-hydrogen) atoms. The van der Waals surface area contributed by atoms with E-state index in [0.29, 0.717) is 17.7 Å². The summed E-state index contributed by atoms with van der Waals surface area (Å²) in [6.45, 7) is 2.98. The fourth-order valence-corrected chi connectivity index (χ4v) is 2.92. The number of nitrogens with one attached hydrogen (secondary N) is 1. The molecule has 0 aliphatic heterocycles. The molecule has 1 aliphatic rings. The van der Waals surface area contributed by atoms with Gasteiger partial charge in [-0.3, -0.25) is 9.69 Å². The Kier molecular flexibility index (Phi) is 4.31. The first-order chi connectivity index (χ1) is 8.60. The highest BCUT2D eigenvalue weighted by Crippen LogP contribution is 2.35. The topological polar surface area (TPSA) is 71.2 Å². The molecule has 3 N–H and O–H groups in total. The number of amides is 1. The van der Waals surface area contributed by atoms with Gasteiger partial charge in [0.25, 0.3) is 0 Å². The predicted octanol–water partition coefficient (Wildman–Crippen LogP) is 1.27. The zero-order valence-corrected chi connectivity index (χ0v) is 11.7. The van der Waals surface area contributed by atoms with E-state index in [4.69, 9.17) is 5.73 Å². The molecule has 1 amide bonds. The molecule has 0 radical (unpaired) electrons. The number of aromatic nitrogens is 1. The quantitative estimate of drug-likeness (QED) is 0.815. The molecule has 1 aliphatic carbocycles. The molecule has 1 atom stereocenters. The fourth-order valence-electron chi connectivity index (χ4n) is 2.17. The minimum atomic E-state index is -0.0814. The predicted molar refractivity (Wildman–Crippen MR) is 73.5 cm³/mol. The van der Waals surface area contributed by atoms with Gasteiger partial charge in [-0.25, -0.2) is 4.98 Å². The first-order valence-corrected chi connectivity index (χ1v) is 7.10. The van der Waals surface area contributed by atoms with Crippen molar-refractivity contribution < 1.29 is 4.79 Å². The van der Waals surface area contributed by atoms with Gasteiger partial charge in [-0.15, -0.1) is 11.3 Å². The van der Waals surface area contributed by atoms with Crippen molar-refractivity contribution >= 4 is 22.4 Å². The molecule has 2 rings (SSSR count). The average molecular weight is 268 g/mol. The summed E-state index contributed by atoms with van der Waals surface area (Å²) in [5.41, 5.74) is 6.81. The van der Waals surface area contributed by atoms with Crippen LogP contribution in [0.25, 0.3) is 0 Å². The minimum Gasteiger partial charge on any atom is -0.329 e. The number of carbonyl (C=O) groups is 1. The largest absolute Gasteiger partial charge is 0.329 e. The van der Waals surface area contributed by atoms with Crippen LogP contribution in [0.1, 0.15) is 25.5 Å². The first kappa shape index (κ1) is 13.5. The van der Waals surface area contributed by atoms with Crippen LogP contribution in [0.5, 0.6) is 0 Å². The zero-order chi connectivity index (χ0) is 13.1. The molecular formula is C12H20N4OS. The van der Waals surface area contributed by atoms with E-state index in [9.17, 15) is 4.79 Å². The normalized spacial score (nSPS) is 16.9. The molecule has 100 valence electrons. The van der Waals surface area contributed by atoms with Gasteiger partial charge in [0.2, 0.25) is 5.91 Å². The SMILES string of the molecule is CC(=O)Nc1nc(CN(C)C(CN)C2CC2)cs1. The van der Waals surface area contributed by atoms with Crippen molar-refractivity contribution in [2.75, 3.05) is 18.9 Å². The van der Waals surface area contributed by atoms with Crippen LogP contribution in [0.3, 0.4) is 0 Å². The second kappa shape index (κ2) is 5.77. The monoisotopic (exact) mass is 268 g/mol. The number of hydrogen-bond acceptors (Lipinski definition) is 5. The van der Waals surface area contributed by atoms with Crippen LogP contribution in [0, 0.1) is 5.92 Å². The van der Waals surface area contributed by atoms with Gasteiger partial charge in [0.15, 0.2) is 5.13 Å². The lowest BCUT2D eigenvalue weighted by Crippen LogP contribution is -2.39. The van der Waals surface area contributed by atoms with Gasteiger partial charge in [0.1, 0.15) is 0 Å². The lowest BCUT2D eigenvalue weighted by atomic mass is 10.1. The third kappa shape index (κ3) is 3.51. The lowest BCUT2D eigenvalue weighted by molar-refractivity contribution is -0.114. The van der Waals surface area contributed by atoms with Crippen molar-refractivity contribution in [2.24, 2.45) is 11.7 Å². The summed E-state index contributed by atoms with van der Waals surface area (Å²) in [5.74, 6) is 0.676. The Bertz CT molecular complexity index is 416. The van der Waals surface area contributed by atoms with Gasteiger partial charge in [0, 0.05) is 31.4 Å². The molecule has 0 aromatic carbocycles. The molecule has 0 bridgehead atoms. The van der Waals surface area contributed by atoms with Crippen molar-refractivity contribution in [3.8, 4) is 0 Å². The molecule has 1 saturated carbocycles. The van der Waals surface area contributed by atoms with E-state index in [2.05, 4.69) is 22.2 Å². The average Bonchev–Trinajstić information content (AvgIpc) is 3.02. The summed E-state index contributed by atoms with van der Waals surface area (Å²) in [5, 5.41) is 5.36. The number of nitrogens with two attached hydrogens (primary N) is 1. The number of rotatable bonds is 6. The van der Waals surface area contributed by atoms with Crippen LogP contribution >= 0.6 is 11.3 Å². The highest BCUT2D eigenvalue weighted by atomic mass is 32.1. The van der Waals surface area contributed by atoms with E-state index in [1.807, 2.05) is 5.38 Å². The molecule has 1 aromatic rings. The van der Waals surface area contributed by atoms with Crippen molar-refractivity contribution in [1.29, 1.82) is 0 Å². The number of hydrogen-bond donors (Lipinski definition) is 2. The van der Waals surface area contributed by atoms with Gasteiger partial charge >= 0.3 is 0 Å². The third-order valence-electron chi connectivity index (χ3n) is 3.22. The Morgan fingerprint density at radius 1 is 1.72 bits per heavy atom. The summed E-state index contributed by atoms with van der Waals surface area (Å²) in [4.78, 5) is 17.6. The van der Waals surface area contributed by atoms with Crippen LogP contribution in [-0.2, 0) is 11.3 Å².